The zero-order valence-corrected chi connectivity index (χ0v) is 13.7. The molecule has 1 aromatic heterocycles. The van der Waals surface area contributed by atoms with Crippen molar-refractivity contribution >= 4 is 10.2 Å². The molecule has 0 bridgehead atoms. The minimum atomic E-state index is -3.43. The fraction of sp³-hybridized carbons (Fsp3) is 0.833. The lowest BCUT2D eigenvalue weighted by Gasteiger charge is -2.30. The van der Waals surface area contributed by atoms with Crippen molar-refractivity contribution in [3.63, 3.8) is 0 Å². The van der Waals surface area contributed by atoms with Crippen molar-refractivity contribution < 1.29 is 8.42 Å². The van der Waals surface area contributed by atoms with E-state index in [1.54, 1.807) is 13.4 Å². The Morgan fingerprint density at radius 3 is 2.90 bits per heavy atom. The third kappa shape index (κ3) is 4.00. The topological polar surface area (TPSA) is 83.4 Å². The number of fused-ring (bicyclic) bond motifs is 1. The summed E-state index contributed by atoms with van der Waals surface area (Å²) in [6.45, 7) is 6.81. The Morgan fingerprint density at radius 2 is 2.19 bits per heavy atom. The van der Waals surface area contributed by atoms with E-state index in [4.69, 9.17) is 0 Å². The fourth-order valence-corrected chi connectivity index (χ4v) is 3.59. The monoisotopic (exact) mass is 316 g/mol. The van der Waals surface area contributed by atoms with Crippen LogP contribution in [-0.2, 0) is 23.3 Å². The van der Waals surface area contributed by atoms with Crippen LogP contribution >= 0.6 is 0 Å². The van der Waals surface area contributed by atoms with Gasteiger partial charge in [0.2, 0.25) is 0 Å². The van der Waals surface area contributed by atoms with E-state index >= 15 is 0 Å². The Morgan fingerprint density at radius 1 is 1.43 bits per heavy atom. The van der Waals surface area contributed by atoms with Crippen LogP contribution in [0.25, 0.3) is 0 Å². The molecule has 2 heterocycles. The van der Waals surface area contributed by atoms with E-state index < -0.39 is 10.2 Å². The van der Waals surface area contributed by atoms with Crippen LogP contribution in [0.4, 0.5) is 0 Å². The molecule has 0 saturated heterocycles. The molecule has 0 spiro atoms. The molecule has 8 nitrogen and oxygen atoms in total. The molecule has 120 valence electrons. The van der Waals surface area contributed by atoms with E-state index in [2.05, 4.69) is 29.4 Å². The number of hydrogen-bond acceptors (Lipinski definition) is 5. The first-order valence-electron chi connectivity index (χ1n) is 7.22. The fourth-order valence-electron chi connectivity index (χ4n) is 2.25. The van der Waals surface area contributed by atoms with Gasteiger partial charge in [-0.2, -0.15) is 17.0 Å². The van der Waals surface area contributed by atoms with Gasteiger partial charge in [-0.3, -0.25) is 0 Å². The maximum atomic E-state index is 12.5. The molecular weight excluding hydrogens is 292 g/mol. The molecule has 2 rings (SSSR count). The van der Waals surface area contributed by atoms with Gasteiger partial charge in [-0.15, -0.1) is 10.2 Å². The average Bonchev–Trinajstić information content (AvgIpc) is 2.90. The van der Waals surface area contributed by atoms with Gasteiger partial charge in [-0.1, -0.05) is 13.8 Å². The summed E-state index contributed by atoms with van der Waals surface area (Å²) in [5.41, 5.74) is 0. The van der Waals surface area contributed by atoms with Crippen molar-refractivity contribution in [2.45, 2.75) is 39.4 Å². The number of hydrogen-bond donors (Lipinski definition) is 1. The summed E-state index contributed by atoms with van der Waals surface area (Å²) >= 11 is 0. The van der Waals surface area contributed by atoms with Crippen LogP contribution < -0.4 is 5.32 Å². The maximum absolute atomic E-state index is 12.5. The molecule has 0 unspecified atom stereocenters. The second kappa shape index (κ2) is 6.82. The van der Waals surface area contributed by atoms with Crippen molar-refractivity contribution in [2.75, 3.05) is 26.7 Å². The number of nitrogens with zero attached hydrogens (tertiary/aromatic N) is 5. The molecule has 0 amide bonds. The van der Waals surface area contributed by atoms with Gasteiger partial charge >= 0.3 is 0 Å². The third-order valence-electron chi connectivity index (χ3n) is 3.53. The number of nitrogens with one attached hydrogen (secondary N) is 1. The summed E-state index contributed by atoms with van der Waals surface area (Å²) in [7, 11) is -1.80. The molecule has 1 aliphatic rings. The first-order valence-corrected chi connectivity index (χ1v) is 8.62. The molecule has 0 aliphatic carbocycles. The smallest absolute Gasteiger partial charge is 0.282 e. The SMILES string of the molecule is CC(C)NCCCN(C)S(=O)(=O)N1CCn2cnnc2C1. The molecule has 1 N–H and O–H groups in total. The zero-order valence-electron chi connectivity index (χ0n) is 12.9. The van der Waals surface area contributed by atoms with Gasteiger partial charge in [-0.25, -0.2) is 0 Å². The molecule has 1 aliphatic heterocycles. The Kier molecular flexibility index (Phi) is 5.31. The summed E-state index contributed by atoms with van der Waals surface area (Å²) in [5, 5.41) is 11.0. The van der Waals surface area contributed by atoms with E-state index in [0.29, 0.717) is 31.5 Å². The Hall–Kier alpha value is -1.03. The van der Waals surface area contributed by atoms with Crippen molar-refractivity contribution in [1.82, 2.24) is 28.7 Å². The molecule has 1 aromatic rings. The molecule has 0 radical (unpaired) electrons. The quantitative estimate of drug-likeness (QED) is 0.696. The van der Waals surface area contributed by atoms with Gasteiger partial charge in [0.15, 0.2) is 0 Å². The lowest BCUT2D eigenvalue weighted by molar-refractivity contribution is 0.305. The summed E-state index contributed by atoms with van der Waals surface area (Å²) in [5.74, 6) is 0.694. The second-order valence-corrected chi connectivity index (χ2v) is 7.60. The van der Waals surface area contributed by atoms with Gasteiger partial charge in [-0.05, 0) is 13.0 Å². The lowest BCUT2D eigenvalue weighted by atomic mass is 10.3. The number of aromatic nitrogens is 3. The van der Waals surface area contributed by atoms with Gasteiger partial charge in [0.05, 0.1) is 6.54 Å². The summed E-state index contributed by atoms with van der Waals surface area (Å²) in [6.07, 6.45) is 2.43. The maximum Gasteiger partial charge on any atom is 0.282 e. The zero-order chi connectivity index (χ0) is 15.5. The Bertz CT molecular complexity index is 556. The van der Waals surface area contributed by atoms with Crippen LogP contribution in [0.3, 0.4) is 0 Å². The minimum Gasteiger partial charge on any atom is -0.315 e. The average molecular weight is 316 g/mol. The van der Waals surface area contributed by atoms with Crippen molar-refractivity contribution in [1.29, 1.82) is 0 Å². The highest BCUT2D eigenvalue weighted by Crippen LogP contribution is 2.15. The second-order valence-electron chi connectivity index (χ2n) is 5.57. The standard InChI is InChI=1S/C12H24N6O2S/c1-11(2)13-5-4-6-16(3)21(19,20)18-8-7-17-10-14-15-12(17)9-18/h10-11,13H,4-9H2,1-3H3. The van der Waals surface area contributed by atoms with E-state index in [9.17, 15) is 8.42 Å². The van der Waals surface area contributed by atoms with Gasteiger partial charge in [0.25, 0.3) is 10.2 Å². The minimum absolute atomic E-state index is 0.289. The highest BCUT2D eigenvalue weighted by atomic mass is 32.2. The highest BCUT2D eigenvalue weighted by molar-refractivity contribution is 7.86. The molecule has 0 saturated carbocycles. The van der Waals surface area contributed by atoms with Gasteiger partial charge in [0.1, 0.15) is 12.2 Å². The number of rotatable bonds is 7. The lowest BCUT2D eigenvalue weighted by Crippen LogP contribution is -2.46. The molecule has 0 fully saturated rings. The molecule has 21 heavy (non-hydrogen) atoms. The van der Waals surface area contributed by atoms with Crippen LogP contribution in [0.1, 0.15) is 26.1 Å². The molecule has 9 heteroatoms. The van der Waals surface area contributed by atoms with Crippen molar-refractivity contribution in [3.05, 3.63) is 12.2 Å². The van der Waals surface area contributed by atoms with Crippen molar-refractivity contribution in [3.8, 4) is 0 Å². The van der Waals surface area contributed by atoms with Crippen molar-refractivity contribution in [2.24, 2.45) is 0 Å². The summed E-state index contributed by atoms with van der Waals surface area (Å²) < 4.78 is 29.8. The summed E-state index contributed by atoms with van der Waals surface area (Å²) in [4.78, 5) is 0. The molecule has 0 aromatic carbocycles. The van der Waals surface area contributed by atoms with Crippen LogP contribution in [-0.4, -0.2) is 64.5 Å². The normalized spacial score (nSPS) is 16.6. The van der Waals surface area contributed by atoms with Crippen LogP contribution in [0.5, 0.6) is 0 Å². The predicted molar refractivity (Wildman–Crippen MR) is 79.7 cm³/mol. The Balaban J connectivity index is 1.89. The summed E-state index contributed by atoms with van der Waals surface area (Å²) in [6, 6.07) is 0.417. The van der Waals surface area contributed by atoms with E-state index in [1.807, 2.05) is 4.57 Å². The van der Waals surface area contributed by atoms with E-state index in [1.165, 1.54) is 8.61 Å². The van der Waals surface area contributed by atoms with E-state index in [-0.39, 0.29) is 6.54 Å². The van der Waals surface area contributed by atoms with E-state index in [0.717, 1.165) is 13.0 Å². The predicted octanol–water partition coefficient (Wildman–Crippen LogP) is -0.342. The first-order chi connectivity index (χ1) is 9.91. The highest BCUT2D eigenvalue weighted by Gasteiger charge is 2.30. The molecular formula is C12H24N6O2S. The Labute approximate surface area is 126 Å². The largest absolute Gasteiger partial charge is 0.315 e. The van der Waals surface area contributed by atoms with Crippen LogP contribution in [0.2, 0.25) is 0 Å². The van der Waals surface area contributed by atoms with Gasteiger partial charge in [0, 0.05) is 32.7 Å². The third-order valence-corrected chi connectivity index (χ3v) is 5.46. The van der Waals surface area contributed by atoms with Gasteiger partial charge < -0.3 is 9.88 Å². The van der Waals surface area contributed by atoms with Crippen LogP contribution in [0, 0.1) is 0 Å². The molecule has 0 atom stereocenters. The van der Waals surface area contributed by atoms with Crippen LogP contribution in [0.15, 0.2) is 6.33 Å². The first kappa shape index (κ1) is 16.3.